The van der Waals surface area contributed by atoms with E-state index in [1.807, 2.05) is 26.1 Å². The molecule has 0 saturated carbocycles. The number of hydrogen-bond donors (Lipinski definition) is 1. The largest absolute Gasteiger partial charge is 0.487 e. The second kappa shape index (κ2) is 6.90. The second-order valence-electron chi connectivity index (χ2n) is 7.97. The summed E-state index contributed by atoms with van der Waals surface area (Å²) < 4.78 is 12.2. The molecule has 0 amide bonds. The Morgan fingerprint density at radius 1 is 1.04 bits per heavy atom. The number of nitrogens with one attached hydrogen (secondary N) is 1. The highest BCUT2D eigenvalue weighted by molar-refractivity contribution is 5.83. The van der Waals surface area contributed by atoms with Crippen LogP contribution in [0.1, 0.15) is 44.2 Å². The van der Waals surface area contributed by atoms with Crippen molar-refractivity contribution in [2.45, 2.75) is 44.9 Å². The fourth-order valence-electron chi connectivity index (χ4n) is 3.89. The van der Waals surface area contributed by atoms with Gasteiger partial charge >= 0.3 is 0 Å². The highest BCUT2D eigenvalue weighted by atomic mass is 16.5. The number of ether oxygens (including phenoxy) is 2. The van der Waals surface area contributed by atoms with Gasteiger partial charge in [-0.25, -0.2) is 0 Å². The van der Waals surface area contributed by atoms with Gasteiger partial charge in [-0.05, 0) is 56.6 Å². The zero-order valence-corrected chi connectivity index (χ0v) is 16.5. The van der Waals surface area contributed by atoms with Crippen molar-refractivity contribution in [1.29, 1.82) is 0 Å². The molecule has 0 radical (unpaired) electrons. The van der Waals surface area contributed by atoms with E-state index in [2.05, 4.69) is 67.7 Å². The maximum atomic E-state index is 6.31. The van der Waals surface area contributed by atoms with E-state index in [-0.39, 0.29) is 11.8 Å². The van der Waals surface area contributed by atoms with E-state index in [1.54, 1.807) is 0 Å². The van der Waals surface area contributed by atoms with Crippen LogP contribution in [-0.4, -0.2) is 18.9 Å². The number of hydrogen-bond acceptors (Lipinski definition) is 3. The van der Waals surface area contributed by atoms with Crippen molar-refractivity contribution in [1.82, 2.24) is 5.32 Å². The summed E-state index contributed by atoms with van der Waals surface area (Å²) in [5, 5.41) is 5.66. The van der Waals surface area contributed by atoms with Crippen molar-refractivity contribution in [3.05, 3.63) is 71.8 Å². The molecule has 3 nitrogen and oxygen atoms in total. The van der Waals surface area contributed by atoms with Crippen LogP contribution in [0.25, 0.3) is 10.8 Å². The summed E-state index contributed by atoms with van der Waals surface area (Å²) in [6.45, 7) is 6.31. The summed E-state index contributed by atoms with van der Waals surface area (Å²) >= 11 is 0. The molecule has 3 aromatic rings. The first kappa shape index (κ1) is 17.9. The molecule has 140 valence electrons. The van der Waals surface area contributed by atoms with Gasteiger partial charge in [-0.15, -0.1) is 0 Å². The number of benzene rings is 3. The van der Waals surface area contributed by atoms with Crippen molar-refractivity contribution in [3.8, 4) is 11.5 Å². The smallest absolute Gasteiger partial charge is 0.147 e. The summed E-state index contributed by atoms with van der Waals surface area (Å²) in [6.07, 6.45) is 0.904. The Bertz CT molecular complexity index is 964. The summed E-state index contributed by atoms with van der Waals surface area (Å²) in [5.41, 5.74) is 2.34. The zero-order valence-electron chi connectivity index (χ0n) is 16.5. The first-order chi connectivity index (χ1) is 12.9. The summed E-state index contributed by atoms with van der Waals surface area (Å²) in [5.74, 6) is 2.06. The van der Waals surface area contributed by atoms with Gasteiger partial charge in [-0.1, -0.05) is 48.5 Å². The van der Waals surface area contributed by atoms with E-state index < -0.39 is 0 Å². The molecule has 1 N–H and O–H groups in total. The Hall–Kier alpha value is -2.52. The molecule has 0 bridgehead atoms. The van der Waals surface area contributed by atoms with Gasteiger partial charge < -0.3 is 9.47 Å². The molecule has 0 saturated heterocycles. The number of fused-ring (bicyclic) bond motifs is 2. The van der Waals surface area contributed by atoms with Crippen LogP contribution in [0.2, 0.25) is 0 Å². The lowest BCUT2D eigenvalue weighted by molar-refractivity contribution is 0.0766. The minimum absolute atomic E-state index is 0.0454. The fraction of sp³-hybridized carbons (Fsp3) is 0.333. The van der Waals surface area contributed by atoms with Crippen LogP contribution in [0.5, 0.6) is 11.5 Å². The quantitative estimate of drug-likeness (QED) is 0.625. The van der Waals surface area contributed by atoms with Crippen LogP contribution < -0.4 is 14.8 Å². The maximum Gasteiger partial charge on any atom is 0.147 e. The predicted molar refractivity (Wildman–Crippen MR) is 111 cm³/mol. The average Bonchev–Trinajstić information content (AvgIpc) is 2.66. The van der Waals surface area contributed by atoms with E-state index in [9.17, 15) is 0 Å². The first-order valence-corrected chi connectivity index (χ1v) is 9.61. The molecule has 0 aliphatic carbocycles. The third-order valence-corrected chi connectivity index (χ3v) is 5.34. The van der Waals surface area contributed by atoms with E-state index in [4.69, 9.17) is 9.47 Å². The topological polar surface area (TPSA) is 30.5 Å². The van der Waals surface area contributed by atoms with E-state index in [0.717, 1.165) is 17.9 Å². The molecule has 27 heavy (non-hydrogen) atoms. The molecule has 1 aliphatic heterocycles. The van der Waals surface area contributed by atoms with Crippen LogP contribution in [-0.2, 0) is 0 Å². The van der Waals surface area contributed by atoms with E-state index in [0.29, 0.717) is 5.92 Å². The molecular weight excluding hydrogens is 334 g/mol. The third-order valence-electron chi connectivity index (χ3n) is 5.34. The maximum absolute atomic E-state index is 6.31. The van der Waals surface area contributed by atoms with Gasteiger partial charge in [0.2, 0.25) is 0 Å². The van der Waals surface area contributed by atoms with Gasteiger partial charge in [0, 0.05) is 17.5 Å². The average molecular weight is 361 g/mol. The predicted octanol–water partition coefficient (Wildman–Crippen LogP) is 5.48. The highest BCUT2D eigenvalue weighted by Crippen LogP contribution is 2.45. The van der Waals surface area contributed by atoms with Gasteiger partial charge in [-0.2, -0.15) is 0 Å². The molecule has 1 aliphatic rings. The van der Waals surface area contributed by atoms with Gasteiger partial charge in [0.05, 0.1) is 0 Å². The number of rotatable bonds is 4. The molecule has 0 aromatic heterocycles. The molecule has 0 spiro atoms. The van der Waals surface area contributed by atoms with Crippen molar-refractivity contribution < 1.29 is 9.47 Å². The Kier molecular flexibility index (Phi) is 4.56. The lowest BCUT2D eigenvalue weighted by atomic mass is 9.79. The lowest BCUT2D eigenvalue weighted by Gasteiger charge is -2.38. The van der Waals surface area contributed by atoms with Crippen molar-refractivity contribution in [2.24, 2.45) is 0 Å². The minimum atomic E-state index is -0.226. The van der Waals surface area contributed by atoms with E-state index in [1.165, 1.54) is 21.9 Å². The van der Waals surface area contributed by atoms with Crippen LogP contribution in [0, 0.1) is 0 Å². The van der Waals surface area contributed by atoms with Crippen LogP contribution in [0.15, 0.2) is 60.7 Å². The molecule has 2 atom stereocenters. The Labute approximate surface area is 161 Å². The van der Waals surface area contributed by atoms with Gasteiger partial charge in [-0.3, -0.25) is 5.32 Å². The second-order valence-corrected chi connectivity index (χ2v) is 7.97. The van der Waals surface area contributed by atoms with Crippen molar-refractivity contribution in [3.63, 3.8) is 0 Å². The molecule has 2 unspecified atom stereocenters. The highest BCUT2D eigenvalue weighted by Gasteiger charge is 2.35. The first-order valence-electron chi connectivity index (χ1n) is 9.61. The molecule has 3 aromatic carbocycles. The Morgan fingerprint density at radius 3 is 2.59 bits per heavy atom. The molecule has 4 rings (SSSR count). The van der Waals surface area contributed by atoms with Gasteiger partial charge in [0.15, 0.2) is 0 Å². The monoisotopic (exact) mass is 361 g/mol. The third kappa shape index (κ3) is 3.65. The van der Waals surface area contributed by atoms with Crippen LogP contribution in [0.4, 0.5) is 0 Å². The SMILES string of the molecule is CNC(C)Oc1ccc2c(c1)OC(C)(C)CC2c1ccc2ccccc2c1. The molecular formula is C24H27NO2. The fourth-order valence-corrected chi connectivity index (χ4v) is 3.89. The summed E-state index contributed by atoms with van der Waals surface area (Å²) in [4.78, 5) is 0. The van der Waals surface area contributed by atoms with Gasteiger partial charge in [0.25, 0.3) is 0 Å². The van der Waals surface area contributed by atoms with Crippen LogP contribution >= 0.6 is 0 Å². The minimum Gasteiger partial charge on any atom is -0.487 e. The Morgan fingerprint density at radius 2 is 1.81 bits per heavy atom. The molecule has 3 heteroatoms. The van der Waals surface area contributed by atoms with Crippen molar-refractivity contribution >= 4 is 10.8 Å². The zero-order chi connectivity index (χ0) is 19.0. The van der Waals surface area contributed by atoms with Crippen LogP contribution in [0.3, 0.4) is 0 Å². The van der Waals surface area contributed by atoms with Crippen molar-refractivity contribution in [2.75, 3.05) is 7.05 Å². The Balaban J connectivity index is 1.75. The lowest BCUT2D eigenvalue weighted by Crippen LogP contribution is -2.35. The van der Waals surface area contributed by atoms with Gasteiger partial charge in [0.1, 0.15) is 23.3 Å². The molecule has 1 heterocycles. The standard InChI is InChI=1S/C24H27NO2/c1-16(25-4)26-20-11-12-21-22(15-24(2,3)27-23(21)14-20)19-10-9-17-7-5-6-8-18(17)13-19/h5-14,16,22,25H,15H2,1-4H3. The summed E-state index contributed by atoms with van der Waals surface area (Å²) in [7, 11) is 1.89. The molecule has 0 fully saturated rings. The van der Waals surface area contributed by atoms with E-state index >= 15 is 0 Å². The normalized spacial score (nSPS) is 19.2. The summed E-state index contributed by atoms with van der Waals surface area (Å²) in [6, 6.07) is 21.5.